The fraction of sp³-hybridized carbons (Fsp3) is 0.364. The second-order valence-corrected chi connectivity index (χ2v) is 3.50. The van der Waals surface area contributed by atoms with Gasteiger partial charge in [0.15, 0.2) is 17.4 Å². The topological polar surface area (TPSA) is 46.5 Å². The fourth-order valence-corrected chi connectivity index (χ4v) is 1.34. The van der Waals surface area contributed by atoms with Crippen LogP contribution < -0.4 is 4.74 Å². The van der Waals surface area contributed by atoms with Gasteiger partial charge in [0, 0.05) is 0 Å². The maximum Gasteiger partial charge on any atom is 0.306 e. The molecule has 5 heteroatoms. The van der Waals surface area contributed by atoms with Gasteiger partial charge in [-0.1, -0.05) is 13.0 Å². The Hall–Kier alpha value is -1.65. The molecule has 0 saturated carbocycles. The Labute approximate surface area is 91.7 Å². The lowest BCUT2D eigenvalue weighted by atomic mass is 10.0. The summed E-state index contributed by atoms with van der Waals surface area (Å²) in [6.07, 6.45) is -0.00218. The molecule has 0 heterocycles. The van der Waals surface area contributed by atoms with Crippen LogP contribution in [-0.4, -0.2) is 18.2 Å². The molecule has 0 spiro atoms. The zero-order valence-electron chi connectivity index (χ0n) is 8.96. The Morgan fingerprint density at radius 1 is 1.50 bits per heavy atom. The van der Waals surface area contributed by atoms with Crippen molar-refractivity contribution in [3.8, 4) is 5.75 Å². The van der Waals surface area contributed by atoms with E-state index in [9.17, 15) is 13.6 Å². The molecule has 0 aliphatic rings. The second-order valence-electron chi connectivity index (χ2n) is 3.50. The van der Waals surface area contributed by atoms with Crippen molar-refractivity contribution in [2.45, 2.75) is 13.3 Å². The average Bonchev–Trinajstić information content (AvgIpc) is 2.22. The first kappa shape index (κ1) is 12.4. The van der Waals surface area contributed by atoms with Gasteiger partial charge in [0.2, 0.25) is 0 Å². The SMILES string of the molecule is COc1c(F)ccc(CC(C)C(=O)O)c1F. The van der Waals surface area contributed by atoms with Crippen LogP contribution in [0.15, 0.2) is 12.1 Å². The summed E-state index contributed by atoms with van der Waals surface area (Å²) in [5.41, 5.74) is 0.133. The van der Waals surface area contributed by atoms with Crippen molar-refractivity contribution in [3.05, 3.63) is 29.3 Å². The maximum atomic E-state index is 13.6. The third kappa shape index (κ3) is 2.48. The smallest absolute Gasteiger partial charge is 0.306 e. The van der Waals surface area contributed by atoms with Crippen LogP contribution in [0, 0.1) is 17.6 Å². The van der Waals surface area contributed by atoms with Crippen LogP contribution in [0.25, 0.3) is 0 Å². The summed E-state index contributed by atoms with van der Waals surface area (Å²) in [4.78, 5) is 10.6. The van der Waals surface area contributed by atoms with Crippen LogP contribution in [-0.2, 0) is 11.2 Å². The summed E-state index contributed by atoms with van der Waals surface area (Å²) in [5, 5.41) is 8.69. The Kier molecular flexibility index (Phi) is 3.82. The number of carbonyl (C=O) groups is 1. The molecule has 0 radical (unpaired) electrons. The lowest BCUT2D eigenvalue weighted by Gasteiger charge is -2.10. The van der Waals surface area contributed by atoms with E-state index in [4.69, 9.17) is 5.11 Å². The Balaban J connectivity index is 3.02. The fourth-order valence-electron chi connectivity index (χ4n) is 1.34. The molecule has 0 aliphatic carbocycles. The van der Waals surface area contributed by atoms with E-state index in [2.05, 4.69) is 4.74 Å². The first-order valence-corrected chi connectivity index (χ1v) is 4.71. The highest BCUT2D eigenvalue weighted by Crippen LogP contribution is 2.25. The van der Waals surface area contributed by atoms with E-state index < -0.39 is 29.3 Å². The van der Waals surface area contributed by atoms with Crippen LogP contribution >= 0.6 is 0 Å². The molecular weight excluding hydrogens is 218 g/mol. The van der Waals surface area contributed by atoms with Gasteiger partial charge >= 0.3 is 5.97 Å². The number of halogens is 2. The van der Waals surface area contributed by atoms with E-state index in [0.717, 1.165) is 13.2 Å². The molecule has 0 saturated heterocycles. The second kappa shape index (κ2) is 4.92. The summed E-state index contributed by atoms with van der Waals surface area (Å²) in [6, 6.07) is 2.29. The number of hydrogen-bond acceptors (Lipinski definition) is 2. The Morgan fingerprint density at radius 3 is 2.62 bits per heavy atom. The molecule has 0 fully saturated rings. The molecular formula is C11H12F2O3. The van der Waals surface area contributed by atoms with E-state index in [0.29, 0.717) is 0 Å². The van der Waals surface area contributed by atoms with Crippen molar-refractivity contribution in [1.29, 1.82) is 0 Å². The van der Waals surface area contributed by atoms with Crippen LogP contribution in [0.3, 0.4) is 0 Å². The lowest BCUT2D eigenvalue weighted by molar-refractivity contribution is -0.141. The molecule has 0 bridgehead atoms. The molecule has 16 heavy (non-hydrogen) atoms. The van der Waals surface area contributed by atoms with Crippen LogP contribution in [0.5, 0.6) is 5.75 Å². The van der Waals surface area contributed by atoms with Gasteiger partial charge in [-0.2, -0.15) is 0 Å². The molecule has 3 nitrogen and oxygen atoms in total. The number of rotatable bonds is 4. The standard InChI is InChI=1S/C11H12F2O3/c1-6(11(14)15)5-7-3-4-8(12)10(16-2)9(7)13/h3-4,6H,5H2,1-2H3,(H,14,15). The van der Waals surface area contributed by atoms with Crippen molar-refractivity contribution in [2.24, 2.45) is 5.92 Å². The molecule has 1 rings (SSSR count). The number of ether oxygens (including phenoxy) is 1. The van der Waals surface area contributed by atoms with Crippen molar-refractivity contribution in [1.82, 2.24) is 0 Å². The summed E-state index contributed by atoms with van der Waals surface area (Å²) in [6.45, 7) is 1.46. The third-order valence-electron chi connectivity index (χ3n) is 2.28. The number of benzene rings is 1. The molecule has 1 atom stereocenters. The molecule has 1 aromatic rings. The quantitative estimate of drug-likeness (QED) is 0.862. The number of carboxylic acid groups (broad SMARTS) is 1. The van der Waals surface area contributed by atoms with Gasteiger partial charge in [0.25, 0.3) is 0 Å². The summed E-state index contributed by atoms with van der Waals surface area (Å²) in [7, 11) is 1.16. The van der Waals surface area contributed by atoms with Gasteiger partial charge < -0.3 is 9.84 Å². The first-order chi connectivity index (χ1) is 7.47. The predicted molar refractivity (Wildman–Crippen MR) is 53.4 cm³/mol. The van der Waals surface area contributed by atoms with Gasteiger partial charge in [-0.15, -0.1) is 0 Å². The largest absolute Gasteiger partial charge is 0.491 e. The minimum atomic E-state index is -1.03. The van der Waals surface area contributed by atoms with Gasteiger partial charge in [0.05, 0.1) is 13.0 Å². The van der Waals surface area contributed by atoms with Crippen LogP contribution in [0.1, 0.15) is 12.5 Å². The van der Waals surface area contributed by atoms with E-state index >= 15 is 0 Å². The van der Waals surface area contributed by atoms with Crippen molar-refractivity contribution in [2.75, 3.05) is 7.11 Å². The molecule has 1 N–H and O–H groups in total. The van der Waals surface area contributed by atoms with Gasteiger partial charge in [-0.3, -0.25) is 4.79 Å². The minimum Gasteiger partial charge on any atom is -0.491 e. The van der Waals surface area contributed by atoms with Crippen LogP contribution in [0.2, 0.25) is 0 Å². The summed E-state index contributed by atoms with van der Waals surface area (Å²) >= 11 is 0. The highest BCUT2D eigenvalue weighted by atomic mass is 19.1. The number of methoxy groups -OCH3 is 1. The number of hydrogen-bond donors (Lipinski definition) is 1. The predicted octanol–water partition coefficient (Wildman–Crippen LogP) is 2.24. The van der Waals surface area contributed by atoms with Crippen molar-refractivity contribution < 1.29 is 23.4 Å². The van der Waals surface area contributed by atoms with Gasteiger partial charge in [0.1, 0.15) is 0 Å². The minimum absolute atomic E-state index is 0.00218. The number of carboxylic acids is 1. The highest BCUT2D eigenvalue weighted by Gasteiger charge is 2.18. The van der Waals surface area contributed by atoms with Gasteiger partial charge in [-0.25, -0.2) is 8.78 Å². The number of aliphatic carboxylic acids is 1. The third-order valence-corrected chi connectivity index (χ3v) is 2.28. The Morgan fingerprint density at radius 2 is 2.12 bits per heavy atom. The lowest BCUT2D eigenvalue weighted by Crippen LogP contribution is -2.13. The summed E-state index contributed by atoms with van der Waals surface area (Å²) in [5.74, 6) is -3.87. The van der Waals surface area contributed by atoms with E-state index in [1.165, 1.54) is 13.0 Å². The molecule has 88 valence electrons. The molecule has 0 aromatic heterocycles. The Bertz CT molecular complexity index is 404. The highest BCUT2D eigenvalue weighted by molar-refractivity contribution is 5.69. The van der Waals surface area contributed by atoms with Crippen molar-refractivity contribution >= 4 is 5.97 Å². The van der Waals surface area contributed by atoms with Crippen LogP contribution in [0.4, 0.5) is 8.78 Å². The molecule has 1 unspecified atom stereocenters. The molecule has 0 amide bonds. The monoisotopic (exact) mass is 230 g/mol. The average molecular weight is 230 g/mol. The molecule has 1 aromatic carbocycles. The summed E-state index contributed by atoms with van der Waals surface area (Å²) < 4.78 is 31.2. The van der Waals surface area contributed by atoms with E-state index in [1.807, 2.05) is 0 Å². The normalized spacial score (nSPS) is 12.2. The first-order valence-electron chi connectivity index (χ1n) is 4.71. The maximum absolute atomic E-state index is 13.6. The van der Waals surface area contributed by atoms with E-state index in [-0.39, 0.29) is 12.0 Å². The van der Waals surface area contributed by atoms with Crippen molar-refractivity contribution in [3.63, 3.8) is 0 Å². The zero-order valence-corrected chi connectivity index (χ0v) is 8.96. The van der Waals surface area contributed by atoms with Gasteiger partial charge in [-0.05, 0) is 18.1 Å². The van der Waals surface area contributed by atoms with E-state index in [1.54, 1.807) is 0 Å². The molecule has 0 aliphatic heterocycles. The zero-order chi connectivity index (χ0) is 12.3.